The maximum absolute atomic E-state index is 13.8. The minimum Gasteiger partial charge on any atom is -0.428 e. The summed E-state index contributed by atoms with van der Waals surface area (Å²) in [6, 6.07) is 3.43. The lowest BCUT2D eigenvalue weighted by Crippen LogP contribution is -2.63. The van der Waals surface area contributed by atoms with Crippen molar-refractivity contribution < 1.29 is 40.6 Å². The summed E-state index contributed by atoms with van der Waals surface area (Å²) in [5, 5.41) is 12.9. The van der Waals surface area contributed by atoms with E-state index in [4.69, 9.17) is 0 Å². The van der Waals surface area contributed by atoms with Gasteiger partial charge in [0.25, 0.3) is 0 Å². The fourth-order valence-electron chi connectivity index (χ4n) is 3.46. The molecule has 0 aromatic heterocycles. The normalized spacial score (nSPS) is 24.2. The van der Waals surface area contributed by atoms with Gasteiger partial charge in [-0.3, -0.25) is 5.32 Å². The second kappa shape index (κ2) is 8.67. The van der Waals surface area contributed by atoms with Crippen LogP contribution in [0.5, 0.6) is 5.75 Å². The van der Waals surface area contributed by atoms with E-state index in [1.165, 1.54) is 6.07 Å². The fraction of sp³-hybridized carbons (Fsp3) is 0.684. The van der Waals surface area contributed by atoms with E-state index in [1.807, 2.05) is 6.92 Å². The molecule has 1 aliphatic rings. The van der Waals surface area contributed by atoms with Crippen LogP contribution in [0.25, 0.3) is 0 Å². The summed E-state index contributed by atoms with van der Waals surface area (Å²) in [5.74, 6) is -1.96. The van der Waals surface area contributed by atoms with Crippen LogP contribution in [0.2, 0.25) is 0 Å². The zero-order valence-corrected chi connectivity index (χ0v) is 15.9. The second-order valence-corrected chi connectivity index (χ2v) is 7.62. The third-order valence-electron chi connectivity index (χ3n) is 5.36. The van der Waals surface area contributed by atoms with Crippen molar-refractivity contribution in [3.8, 4) is 5.75 Å². The molecule has 0 aliphatic heterocycles. The first-order chi connectivity index (χ1) is 13.3. The van der Waals surface area contributed by atoms with Gasteiger partial charge < -0.3 is 9.84 Å². The Balaban J connectivity index is 2.27. The topological polar surface area (TPSA) is 41.5 Å². The summed E-state index contributed by atoms with van der Waals surface area (Å²) in [6.07, 6.45) is -11.6. The standard InChI is InChI=1S/C19H24F7NO2/c1-11-6-8-14(9-7-11)27-17(28,19(24,25)26)12(2)13-4-3-5-15(10-13)29-18(22,23)16(20)21/h3-5,10-12,14,16,27-28H,6-9H2,1-2H3. The molecule has 1 saturated carbocycles. The van der Waals surface area contributed by atoms with Gasteiger partial charge in [0.15, 0.2) is 0 Å². The largest absolute Gasteiger partial charge is 0.461 e. The SMILES string of the molecule is CC1CCC(NC(O)(C(C)c2cccc(OC(F)(F)C(F)F)c2)C(F)(F)F)CC1. The van der Waals surface area contributed by atoms with E-state index in [0.717, 1.165) is 25.1 Å². The second-order valence-electron chi connectivity index (χ2n) is 7.62. The number of alkyl halides is 7. The molecule has 1 aromatic rings. The summed E-state index contributed by atoms with van der Waals surface area (Å²) in [7, 11) is 0. The molecular formula is C19H24F7NO2. The molecule has 2 unspecified atom stereocenters. The molecule has 0 heterocycles. The van der Waals surface area contributed by atoms with Gasteiger partial charge in [-0.2, -0.15) is 30.7 Å². The van der Waals surface area contributed by atoms with Gasteiger partial charge >= 0.3 is 18.7 Å². The van der Waals surface area contributed by atoms with Crippen molar-refractivity contribution in [3.05, 3.63) is 29.8 Å². The van der Waals surface area contributed by atoms with Gasteiger partial charge in [-0.25, -0.2) is 0 Å². The van der Waals surface area contributed by atoms with Gasteiger partial charge in [-0.1, -0.05) is 26.0 Å². The van der Waals surface area contributed by atoms with Crippen LogP contribution in [0, 0.1) is 5.92 Å². The summed E-state index contributed by atoms with van der Waals surface area (Å²) in [5.41, 5.74) is -3.52. The van der Waals surface area contributed by atoms with Crippen LogP contribution in [0.3, 0.4) is 0 Å². The third-order valence-corrected chi connectivity index (χ3v) is 5.36. The molecule has 0 radical (unpaired) electrons. The van der Waals surface area contributed by atoms with Crippen LogP contribution in [-0.2, 0) is 0 Å². The summed E-state index contributed by atoms with van der Waals surface area (Å²) < 4.78 is 96.2. The summed E-state index contributed by atoms with van der Waals surface area (Å²) in [4.78, 5) is 0. The van der Waals surface area contributed by atoms with E-state index in [-0.39, 0.29) is 5.56 Å². The first-order valence-corrected chi connectivity index (χ1v) is 9.28. The van der Waals surface area contributed by atoms with Crippen molar-refractivity contribution in [2.24, 2.45) is 5.92 Å². The number of ether oxygens (including phenoxy) is 1. The number of aliphatic hydroxyl groups is 1. The molecule has 0 spiro atoms. The lowest BCUT2D eigenvalue weighted by molar-refractivity contribution is -0.284. The average Bonchev–Trinajstić information content (AvgIpc) is 2.61. The summed E-state index contributed by atoms with van der Waals surface area (Å²) in [6.45, 7) is 3.08. The minimum absolute atomic E-state index is 0.191. The lowest BCUT2D eigenvalue weighted by Gasteiger charge is -2.41. The van der Waals surface area contributed by atoms with Crippen molar-refractivity contribution in [2.45, 2.75) is 75.9 Å². The van der Waals surface area contributed by atoms with Gasteiger partial charge in [-0.15, -0.1) is 0 Å². The Bertz CT molecular complexity index is 675. The average molecular weight is 431 g/mol. The van der Waals surface area contributed by atoms with Gasteiger partial charge in [0.05, 0.1) is 0 Å². The zero-order chi connectivity index (χ0) is 22.0. The van der Waals surface area contributed by atoms with Crippen LogP contribution in [-0.4, -0.2) is 35.6 Å². The van der Waals surface area contributed by atoms with E-state index < -0.39 is 42.1 Å². The van der Waals surface area contributed by atoms with E-state index >= 15 is 0 Å². The van der Waals surface area contributed by atoms with Crippen LogP contribution < -0.4 is 10.1 Å². The molecule has 0 saturated heterocycles. The first-order valence-electron chi connectivity index (χ1n) is 9.28. The highest BCUT2D eigenvalue weighted by molar-refractivity contribution is 5.32. The van der Waals surface area contributed by atoms with Crippen LogP contribution in [0.4, 0.5) is 30.7 Å². The predicted octanol–water partition coefficient (Wildman–Crippen LogP) is 5.45. The molecule has 1 fully saturated rings. The quantitative estimate of drug-likeness (QED) is 0.446. The Morgan fingerprint density at radius 1 is 1.07 bits per heavy atom. The van der Waals surface area contributed by atoms with Gasteiger partial charge in [0.1, 0.15) is 5.75 Å². The predicted molar refractivity (Wildman–Crippen MR) is 92.0 cm³/mol. The first kappa shape index (κ1) is 23.7. The molecule has 29 heavy (non-hydrogen) atoms. The highest BCUT2D eigenvalue weighted by atomic mass is 19.4. The van der Waals surface area contributed by atoms with Crippen molar-refractivity contribution >= 4 is 0 Å². The van der Waals surface area contributed by atoms with Crippen LogP contribution >= 0.6 is 0 Å². The number of hydrogen-bond acceptors (Lipinski definition) is 3. The molecule has 166 valence electrons. The molecule has 0 bridgehead atoms. The Kier molecular flexibility index (Phi) is 7.09. The highest BCUT2D eigenvalue weighted by Gasteiger charge is 2.58. The third kappa shape index (κ3) is 5.53. The molecule has 2 atom stereocenters. The fourth-order valence-corrected chi connectivity index (χ4v) is 3.46. The number of hydrogen-bond donors (Lipinski definition) is 2. The van der Waals surface area contributed by atoms with Gasteiger partial charge in [0.2, 0.25) is 5.72 Å². The van der Waals surface area contributed by atoms with Crippen LogP contribution in [0.1, 0.15) is 51.0 Å². The number of rotatable bonds is 7. The Morgan fingerprint density at radius 3 is 2.17 bits per heavy atom. The number of halogens is 7. The van der Waals surface area contributed by atoms with Gasteiger partial charge in [-0.05, 0) is 49.3 Å². The smallest absolute Gasteiger partial charge is 0.428 e. The van der Waals surface area contributed by atoms with Crippen molar-refractivity contribution in [2.75, 3.05) is 0 Å². The van der Waals surface area contributed by atoms with Gasteiger partial charge in [0, 0.05) is 12.0 Å². The Hall–Kier alpha value is -1.55. The van der Waals surface area contributed by atoms with E-state index in [9.17, 15) is 35.8 Å². The molecule has 3 nitrogen and oxygen atoms in total. The minimum atomic E-state index is -5.07. The monoisotopic (exact) mass is 431 g/mol. The van der Waals surface area contributed by atoms with E-state index in [2.05, 4.69) is 10.1 Å². The van der Waals surface area contributed by atoms with E-state index in [1.54, 1.807) is 0 Å². The zero-order valence-electron chi connectivity index (χ0n) is 15.9. The molecule has 1 aromatic carbocycles. The molecule has 2 N–H and O–H groups in total. The Morgan fingerprint density at radius 2 is 1.66 bits per heavy atom. The molecule has 0 amide bonds. The van der Waals surface area contributed by atoms with Crippen molar-refractivity contribution in [3.63, 3.8) is 0 Å². The summed E-state index contributed by atoms with van der Waals surface area (Å²) >= 11 is 0. The lowest BCUT2D eigenvalue weighted by atomic mass is 9.84. The van der Waals surface area contributed by atoms with Crippen molar-refractivity contribution in [1.29, 1.82) is 0 Å². The molecule has 1 aliphatic carbocycles. The van der Waals surface area contributed by atoms with Crippen LogP contribution in [0.15, 0.2) is 24.3 Å². The number of benzene rings is 1. The maximum Gasteiger partial charge on any atom is 0.461 e. The molecule has 2 rings (SSSR count). The van der Waals surface area contributed by atoms with Crippen molar-refractivity contribution in [1.82, 2.24) is 5.32 Å². The number of nitrogens with one attached hydrogen (secondary N) is 1. The molecule has 10 heteroatoms. The highest BCUT2D eigenvalue weighted by Crippen LogP contribution is 2.42. The maximum atomic E-state index is 13.8. The van der Waals surface area contributed by atoms with E-state index in [0.29, 0.717) is 31.6 Å². The molecular weight excluding hydrogens is 407 g/mol. The Labute approximate surface area is 164 Å².